The maximum Gasteiger partial charge on any atom is 0.309 e. The van der Waals surface area contributed by atoms with Gasteiger partial charge in [-0.15, -0.1) is 0 Å². The quantitative estimate of drug-likeness (QED) is 0.827. The molecule has 2 atom stereocenters. The van der Waals surface area contributed by atoms with E-state index in [0.717, 1.165) is 12.8 Å². The van der Waals surface area contributed by atoms with Crippen LogP contribution in [0.4, 0.5) is 4.39 Å². The van der Waals surface area contributed by atoms with E-state index in [1.165, 1.54) is 10.9 Å². The third-order valence-electron chi connectivity index (χ3n) is 2.80. The molecule has 0 spiro atoms. The number of rotatable bonds is 3. The van der Waals surface area contributed by atoms with Gasteiger partial charge >= 0.3 is 5.97 Å². The second kappa shape index (κ2) is 4.00. The van der Waals surface area contributed by atoms with Crippen LogP contribution in [0.1, 0.15) is 31.0 Å². The first-order valence-electron chi connectivity index (χ1n) is 5.06. The van der Waals surface area contributed by atoms with Crippen molar-refractivity contribution in [3.8, 4) is 0 Å². The van der Waals surface area contributed by atoms with Crippen LogP contribution in [0, 0.1) is 0 Å². The van der Waals surface area contributed by atoms with Gasteiger partial charge in [-0.25, -0.2) is 4.39 Å². The summed E-state index contributed by atoms with van der Waals surface area (Å²) < 4.78 is 15.0. The largest absolute Gasteiger partial charge is 0.481 e. The molecule has 0 amide bonds. The Morgan fingerprint density at radius 3 is 3.07 bits per heavy atom. The van der Waals surface area contributed by atoms with Gasteiger partial charge in [-0.05, 0) is 25.3 Å². The molecule has 0 saturated heterocycles. The topological polar surface area (TPSA) is 55.1 Å². The highest BCUT2D eigenvalue weighted by Gasteiger charge is 2.30. The third-order valence-corrected chi connectivity index (χ3v) is 2.80. The van der Waals surface area contributed by atoms with Crippen molar-refractivity contribution in [1.29, 1.82) is 0 Å². The Balaban J connectivity index is 2.20. The molecule has 0 bridgehead atoms. The smallest absolute Gasteiger partial charge is 0.309 e. The Hall–Kier alpha value is -1.39. The second-order valence-corrected chi connectivity index (χ2v) is 3.85. The van der Waals surface area contributed by atoms with Crippen molar-refractivity contribution in [1.82, 2.24) is 9.78 Å². The lowest BCUT2D eigenvalue weighted by Crippen LogP contribution is -2.19. The van der Waals surface area contributed by atoms with E-state index in [2.05, 4.69) is 5.10 Å². The van der Waals surface area contributed by atoms with Crippen LogP contribution in [-0.2, 0) is 11.2 Å². The maximum atomic E-state index is 13.5. The van der Waals surface area contributed by atoms with Crippen LogP contribution < -0.4 is 0 Å². The molecule has 1 N–H and O–H groups in total. The molecular formula is C10H13FN2O2. The van der Waals surface area contributed by atoms with Gasteiger partial charge in [0.25, 0.3) is 0 Å². The zero-order valence-electron chi connectivity index (χ0n) is 8.27. The number of carboxylic acids is 1. The van der Waals surface area contributed by atoms with E-state index in [1.54, 1.807) is 6.07 Å². The van der Waals surface area contributed by atoms with Gasteiger partial charge in [0.05, 0.1) is 12.5 Å². The fourth-order valence-corrected chi connectivity index (χ4v) is 2.11. The summed E-state index contributed by atoms with van der Waals surface area (Å²) in [5.74, 6) is -0.912. The maximum absolute atomic E-state index is 13.5. The van der Waals surface area contributed by atoms with Crippen molar-refractivity contribution in [2.24, 2.45) is 0 Å². The minimum atomic E-state index is -0.912. The van der Waals surface area contributed by atoms with Crippen LogP contribution in [0.3, 0.4) is 0 Å². The normalized spacial score (nSPS) is 25.7. The molecule has 0 radical (unpaired) electrons. The van der Waals surface area contributed by atoms with Gasteiger partial charge in [-0.3, -0.25) is 9.48 Å². The Morgan fingerprint density at radius 1 is 1.67 bits per heavy atom. The van der Waals surface area contributed by atoms with Crippen molar-refractivity contribution in [3.05, 3.63) is 18.0 Å². The number of carbonyl (C=O) groups is 1. The standard InChI is InChI=1S/C10H13FN2O2/c11-8-2-1-3-9(8)13-7(4-5-12-13)6-10(14)15/h4-5,8-9H,1-3,6H2,(H,14,15). The molecule has 82 valence electrons. The number of hydrogen-bond donors (Lipinski definition) is 1. The molecule has 1 aliphatic rings. The Morgan fingerprint density at radius 2 is 2.47 bits per heavy atom. The van der Waals surface area contributed by atoms with Gasteiger partial charge < -0.3 is 5.11 Å². The van der Waals surface area contributed by atoms with E-state index < -0.39 is 12.1 Å². The lowest BCUT2D eigenvalue weighted by atomic mass is 10.2. The van der Waals surface area contributed by atoms with Gasteiger partial charge in [-0.1, -0.05) is 0 Å². The van der Waals surface area contributed by atoms with Gasteiger partial charge in [-0.2, -0.15) is 5.10 Å². The molecule has 15 heavy (non-hydrogen) atoms. The van der Waals surface area contributed by atoms with Crippen LogP contribution in [-0.4, -0.2) is 27.0 Å². The van der Waals surface area contributed by atoms with Crippen LogP contribution in [0.25, 0.3) is 0 Å². The van der Waals surface area contributed by atoms with Crippen molar-refractivity contribution in [2.75, 3.05) is 0 Å². The first kappa shape index (κ1) is 10.1. The molecule has 2 unspecified atom stereocenters. The molecule has 1 aromatic heterocycles. The van der Waals surface area contributed by atoms with Gasteiger partial charge in [0.1, 0.15) is 6.17 Å². The van der Waals surface area contributed by atoms with E-state index in [4.69, 9.17) is 5.11 Å². The van der Waals surface area contributed by atoms with E-state index >= 15 is 0 Å². The fraction of sp³-hybridized carbons (Fsp3) is 0.600. The summed E-state index contributed by atoms with van der Waals surface area (Å²) in [5, 5.41) is 12.7. The molecule has 1 fully saturated rings. The Bertz CT molecular complexity index is 364. The summed E-state index contributed by atoms with van der Waals surface area (Å²) in [7, 11) is 0. The molecule has 5 heteroatoms. The van der Waals surface area contributed by atoms with Crippen LogP contribution in [0.15, 0.2) is 12.3 Å². The number of aliphatic carboxylic acids is 1. The zero-order chi connectivity index (χ0) is 10.8. The van der Waals surface area contributed by atoms with Crippen LogP contribution in [0.2, 0.25) is 0 Å². The van der Waals surface area contributed by atoms with Crippen molar-refractivity contribution in [3.63, 3.8) is 0 Å². The molecule has 1 aliphatic carbocycles. The number of aromatic nitrogens is 2. The molecule has 0 aromatic carbocycles. The minimum absolute atomic E-state index is 0.0940. The van der Waals surface area contributed by atoms with E-state index in [1.807, 2.05) is 0 Å². The predicted molar refractivity (Wildman–Crippen MR) is 51.4 cm³/mol. The molecular weight excluding hydrogens is 199 g/mol. The number of hydrogen-bond acceptors (Lipinski definition) is 2. The average Bonchev–Trinajstić information content (AvgIpc) is 2.73. The summed E-state index contributed by atoms with van der Waals surface area (Å²) in [5.41, 5.74) is 0.581. The number of alkyl halides is 1. The molecule has 4 nitrogen and oxygen atoms in total. The zero-order valence-corrected chi connectivity index (χ0v) is 8.27. The molecule has 1 saturated carbocycles. The first-order valence-corrected chi connectivity index (χ1v) is 5.06. The second-order valence-electron chi connectivity index (χ2n) is 3.85. The molecule has 1 heterocycles. The van der Waals surface area contributed by atoms with Crippen molar-refractivity contribution >= 4 is 5.97 Å². The summed E-state index contributed by atoms with van der Waals surface area (Å²) in [6, 6.07) is 1.37. The molecule has 0 aliphatic heterocycles. The van der Waals surface area contributed by atoms with E-state index in [9.17, 15) is 9.18 Å². The Labute approximate surface area is 86.7 Å². The lowest BCUT2D eigenvalue weighted by Gasteiger charge is -2.15. The summed E-state index contributed by atoms with van der Waals surface area (Å²) in [6.07, 6.45) is 2.69. The monoisotopic (exact) mass is 212 g/mol. The highest BCUT2D eigenvalue weighted by Crippen LogP contribution is 2.32. The number of nitrogens with zero attached hydrogens (tertiary/aromatic N) is 2. The van der Waals surface area contributed by atoms with E-state index in [-0.39, 0.29) is 12.5 Å². The summed E-state index contributed by atoms with van der Waals surface area (Å²) in [4.78, 5) is 10.6. The van der Waals surface area contributed by atoms with Crippen LogP contribution in [0.5, 0.6) is 0 Å². The summed E-state index contributed by atoms with van der Waals surface area (Å²) in [6.45, 7) is 0. The van der Waals surface area contributed by atoms with Gasteiger partial charge in [0, 0.05) is 11.9 Å². The van der Waals surface area contributed by atoms with Crippen molar-refractivity contribution < 1.29 is 14.3 Å². The van der Waals surface area contributed by atoms with Gasteiger partial charge in [0.15, 0.2) is 0 Å². The summed E-state index contributed by atoms with van der Waals surface area (Å²) >= 11 is 0. The highest BCUT2D eigenvalue weighted by molar-refractivity contribution is 5.69. The minimum Gasteiger partial charge on any atom is -0.481 e. The lowest BCUT2D eigenvalue weighted by molar-refractivity contribution is -0.136. The highest BCUT2D eigenvalue weighted by atomic mass is 19.1. The average molecular weight is 212 g/mol. The van der Waals surface area contributed by atoms with Crippen LogP contribution >= 0.6 is 0 Å². The van der Waals surface area contributed by atoms with Gasteiger partial charge in [0.2, 0.25) is 0 Å². The Kier molecular flexibility index (Phi) is 2.70. The van der Waals surface area contributed by atoms with E-state index in [0.29, 0.717) is 12.1 Å². The predicted octanol–water partition coefficient (Wildman–Crippen LogP) is 1.57. The first-order chi connectivity index (χ1) is 7.18. The third kappa shape index (κ3) is 2.00. The SMILES string of the molecule is O=C(O)Cc1ccnn1C1CCCC1F. The number of halogens is 1. The fourth-order valence-electron chi connectivity index (χ4n) is 2.11. The van der Waals surface area contributed by atoms with Crippen molar-refractivity contribution in [2.45, 2.75) is 37.9 Å². The number of carboxylic acid groups (broad SMARTS) is 1. The molecule has 2 rings (SSSR count). The molecule has 1 aromatic rings.